The third kappa shape index (κ3) is 2.88. The second-order valence-corrected chi connectivity index (χ2v) is 3.95. The second-order valence-electron chi connectivity index (χ2n) is 3.95. The molecule has 5 nitrogen and oxygen atoms in total. The Bertz CT molecular complexity index is 412. The molecule has 0 radical (unpaired) electrons. The first-order valence-electron chi connectivity index (χ1n) is 5.41. The summed E-state index contributed by atoms with van der Waals surface area (Å²) in [6, 6.07) is 0.699. The number of anilines is 1. The number of alkyl halides is 3. The monoisotopic (exact) mass is 262 g/mol. The summed E-state index contributed by atoms with van der Waals surface area (Å²) in [6.45, 7) is 1.24. The molecule has 2 rings (SSSR count). The normalized spacial score (nSPS) is 24.2. The fourth-order valence-corrected chi connectivity index (χ4v) is 1.80. The Balaban J connectivity index is 2.10. The van der Waals surface area contributed by atoms with E-state index in [-0.39, 0.29) is 18.1 Å². The van der Waals surface area contributed by atoms with Crippen molar-refractivity contribution in [2.45, 2.75) is 18.3 Å². The number of hydrogen-bond acceptors (Lipinski definition) is 5. The lowest BCUT2D eigenvalue weighted by molar-refractivity contribution is -0.141. The molecule has 2 heterocycles. The summed E-state index contributed by atoms with van der Waals surface area (Å²) in [6.07, 6.45) is -3.49. The molecular weight excluding hydrogens is 249 g/mol. The Kier molecular flexibility index (Phi) is 3.67. The second kappa shape index (κ2) is 5.07. The van der Waals surface area contributed by atoms with Crippen molar-refractivity contribution in [3.8, 4) is 0 Å². The Morgan fingerprint density at radius 2 is 2.22 bits per heavy atom. The summed E-state index contributed by atoms with van der Waals surface area (Å²) >= 11 is 0. The van der Waals surface area contributed by atoms with E-state index >= 15 is 0 Å². The molecule has 1 aromatic heterocycles. The molecule has 18 heavy (non-hydrogen) atoms. The molecule has 0 aliphatic carbocycles. The van der Waals surface area contributed by atoms with Crippen LogP contribution in [0.2, 0.25) is 0 Å². The number of nitrogens with zero attached hydrogens (tertiary/aromatic N) is 2. The SMILES string of the molecule is CO[C@H]1CNCC1Nc1nccc(C(F)(F)F)n1. The highest BCUT2D eigenvalue weighted by Gasteiger charge is 2.33. The van der Waals surface area contributed by atoms with E-state index in [2.05, 4.69) is 20.6 Å². The van der Waals surface area contributed by atoms with Gasteiger partial charge in [-0.05, 0) is 6.07 Å². The van der Waals surface area contributed by atoms with Crippen LogP contribution in [0.25, 0.3) is 0 Å². The van der Waals surface area contributed by atoms with E-state index in [1.165, 1.54) is 0 Å². The molecule has 2 N–H and O–H groups in total. The van der Waals surface area contributed by atoms with E-state index in [9.17, 15) is 13.2 Å². The van der Waals surface area contributed by atoms with Gasteiger partial charge in [0.25, 0.3) is 0 Å². The zero-order chi connectivity index (χ0) is 13.2. The van der Waals surface area contributed by atoms with Crippen molar-refractivity contribution in [3.05, 3.63) is 18.0 Å². The molecule has 2 atom stereocenters. The van der Waals surface area contributed by atoms with Gasteiger partial charge in [-0.3, -0.25) is 0 Å². The van der Waals surface area contributed by atoms with E-state index in [1.807, 2.05) is 0 Å². The smallest absolute Gasteiger partial charge is 0.378 e. The van der Waals surface area contributed by atoms with Gasteiger partial charge in [0.2, 0.25) is 5.95 Å². The van der Waals surface area contributed by atoms with Crippen molar-refractivity contribution < 1.29 is 17.9 Å². The summed E-state index contributed by atoms with van der Waals surface area (Å²) in [4.78, 5) is 7.23. The zero-order valence-electron chi connectivity index (χ0n) is 9.66. The van der Waals surface area contributed by atoms with Crippen LogP contribution in [0.5, 0.6) is 0 Å². The van der Waals surface area contributed by atoms with Crippen LogP contribution in [0.15, 0.2) is 12.3 Å². The summed E-state index contributed by atoms with van der Waals surface area (Å²) < 4.78 is 42.6. The Morgan fingerprint density at radius 1 is 1.44 bits per heavy atom. The van der Waals surface area contributed by atoms with E-state index in [4.69, 9.17) is 4.74 Å². The van der Waals surface area contributed by atoms with Gasteiger partial charge in [0, 0.05) is 26.4 Å². The summed E-state index contributed by atoms with van der Waals surface area (Å²) in [7, 11) is 1.55. The Labute approximate surface area is 102 Å². The summed E-state index contributed by atoms with van der Waals surface area (Å²) in [5.41, 5.74) is -0.958. The third-order valence-electron chi connectivity index (χ3n) is 2.72. The molecule has 0 bridgehead atoms. The number of nitrogens with one attached hydrogen (secondary N) is 2. The fraction of sp³-hybridized carbons (Fsp3) is 0.600. The highest BCUT2D eigenvalue weighted by Crippen LogP contribution is 2.27. The number of methoxy groups -OCH3 is 1. The highest BCUT2D eigenvalue weighted by molar-refractivity contribution is 5.29. The molecule has 1 aliphatic heterocycles. The van der Waals surface area contributed by atoms with E-state index in [0.29, 0.717) is 13.1 Å². The van der Waals surface area contributed by atoms with E-state index in [1.54, 1.807) is 7.11 Å². The minimum atomic E-state index is -4.46. The van der Waals surface area contributed by atoms with Crippen molar-refractivity contribution >= 4 is 5.95 Å². The zero-order valence-corrected chi connectivity index (χ0v) is 9.66. The minimum Gasteiger partial charge on any atom is -0.378 e. The van der Waals surface area contributed by atoms with Crippen LogP contribution in [0.4, 0.5) is 19.1 Å². The van der Waals surface area contributed by atoms with Gasteiger partial charge in [-0.2, -0.15) is 13.2 Å². The van der Waals surface area contributed by atoms with Crippen LogP contribution in [-0.2, 0) is 10.9 Å². The van der Waals surface area contributed by atoms with Crippen LogP contribution < -0.4 is 10.6 Å². The molecule has 0 aromatic carbocycles. The average molecular weight is 262 g/mol. The maximum atomic E-state index is 12.5. The molecule has 100 valence electrons. The molecule has 1 fully saturated rings. The van der Waals surface area contributed by atoms with Crippen LogP contribution in [0, 0.1) is 0 Å². The first-order valence-corrected chi connectivity index (χ1v) is 5.41. The molecule has 1 saturated heterocycles. The number of ether oxygens (including phenoxy) is 1. The predicted molar refractivity (Wildman–Crippen MR) is 58.1 cm³/mol. The maximum Gasteiger partial charge on any atom is 0.433 e. The van der Waals surface area contributed by atoms with Crippen molar-refractivity contribution in [3.63, 3.8) is 0 Å². The largest absolute Gasteiger partial charge is 0.433 e. The number of hydrogen-bond donors (Lipinski definition) is 2. The molecule has 8 heteroatoms. The first kappa shape index (κ1) is 13.0. The molecule has 1 unspecified atom stereocenters. The van der Waals surface area contributed by atoms with Crippen LogP contribution >= 0.6 is 0 Å². The first-order chi connectivity index (χ1) is 8.50. The Hall–Kier alpha value is -1.41. The number of halogens is 3. The Morgan fingerprint density at radius 3 is 2.89 bits per heavy atom. The lowest BCUT2D eigenvalue weighted by Gasteiger charge is -2.18. The van der Waals surface area contributed by atoms with Crippen molar-refractivity contribution in [1.82, 2.24) is 15.3 Å². The average Bonchev–Trinajstić information content (AvgIpc) is 2.75. The topological polar surface area (TPSA) is 59.1 Å². The van der Waals surface area contributed by atoms with Gasteiger partial charge in [-0.25, -0.2) is 9.97 Å². The van der Waals surface area contributed by atoms with E-state index < -0.39 is 11.9 Å². The number of aromatic nitrogens is 2. The van der Waals surface area contributed by atoms with Crippen molar-refractivity contribution in [2.75, 3.05) is 25.5 Å². The lowest BCUT2D eigenvalue weighted by atomic mass is 10.2. The van der Waals surface area contributed by atoms with Crippen molar-refractivity contribution in [2.24, 2.45) is 0 Å². The van der Waals surface area contributed by atoms with Gasteiger partial charge in [0.05, 0.1) is 12.1 Å². The minimum absolute atomic E-state index is 0.0411. The third-order valence-corrected chi connectivity index (χ3v) is 2.72. The molecule has 0 saturated carbocycles. The number of rotatable bonds is 3. The summed E-state index contributed by atoms with van der Waals surface area (Å²) in [5.74, 6) is -0.0411. The van der Waals surface area contributed by atoms with Crippen LogP contribution in [-0.4, -0.2) is 42.3 Å². The molecule has 1 aromatic rings. The molecule has 0 amide bonds. The molecule has 1 aliphatic rings. The van der Waals surface area contributed by atoms with Gasteiger partial charge in [0.15, 0.2) is 0 Å². The quantitative estimate of drug-likeness (QED) is 0.847. The van der Waals surface area contributed by atoms with Crippen LogP contribution in [0.3, 0.4) is 0 Å². The van der Waals surface area contributed by atoms with Crippen molar-refractivity contribution in [1.29, 1.82) is 0 Å². The van der Waals surface area contributed by atoms with Gasteiger partial charge in [-0.1, -0.05) is 0 Å². The standard InChI is InChI=1S/C10H13F3N4O/c1-18-7-5-14-4-6(7)16-9-15-3-2-8(17-9)10(11,12)13/h2-3,6-7,14H,4-5H2,1H3,(H,15,16,17)/t6?,7-/m0/s1. The highest BCUT2D eigenvalue weighted by atomic mass is 19.4. The fourth-order valence-electron chi connectivity index (χ4n) is 1.80. The van der Waals surface area contributed by atoms with Crippen LogP contribution in [0.1, 0.15) is 5.69 Å². The van der Waals surface area contributed by atoms with Gasteiger partial charge >= 0.3 is 6.18 Å². The predicted octanol–water partition coefficient (Wildman–Crippen LogP) is 0.894. The summed E-state index contributed by atoms with van der Waals surface area (Å²) in [5, 5.41) is 5.92. The maximum absolute atomic E-state index is 12.5. The molecular formula is C10H13F3N4O. The van der Waals surface area contributed by atoms with Gasteiger partial charge in [0.1, 0.15) is 5.69 Å². The lowest BCUT2D eigenvalue weighted by Crippen LogP contribution is -2.34. The van der Waals surface area contributed by atoms with Gasteiger partial charge < -0.3 is 15.4 Å². The van der Waals surface area contributed by atoms with Gasteiger partial charge in [-0.15, -0.1) is 0 Å². The molecule has 0 spiro atoms. The van der Waals surface area contributed by atoms with E-state index in [0.717, 1.165) is 12.3 Å².